The molecule has 0 aromatic heterocycles. The first-order chi connectivity index (χ1) is 14.2. The van der Waals surface area contributed by atoms with Crippen LogP contribution in [0.4, 0.5) is 5.69 Å². The van der Waals surface area contributed by atoms with Crippen molar-refractivity contribution >= 4 is 5.69 Å². The highest BCUT2D eigenvalue weighted by Gasteiger charge is 2.21. The maximum atomic E-state index is 2.39. The lowest BCUT2D eigenvalue weighted by Gasteiger charge is -2.33. The van der Waals surface area contributed by atoms with Crippen molar-refractivity contribution in [3.05, 3.63) is 30.3 Å². The molecule has 1 aromatic rings. The van der Waals surface area contributed by atoms with Gasteiger partial charge in [0.15, 0.2) is 0 Å². The van der Waals surface area contributed by atoms with Gasteiger partial charge >= 0.3 is 0 Å². The quantitative estimate of drug-likeness (QED) is 0.150. The van der Waals surface area contributed by atoms with E-state index in [9.17, 15) is 0 Å². The van der Waals surface area contributed by atoms with Crippen LogP contribution in [0.1, 0.15) is 123 Å². The van der Waals surface area contributed by atoms with Crippen LogP contribution in [0.3, 0.4) is 0 Å². The van der Waals surface area contributed by atoms with Crippen LogP contribution >= 0.6 is 0 Å². The zero-order valence-electron chi connectivity index (χ0n) is 20.3. The summed E-state index contributed by atoms with van der Waals surface area (Å²) in [5, 5.41) is 0. The summed E-state index contributed by atoms with van der Waals surface area (Å²) in [7, 11) is 2.39. The molecule has 0 saturated carbocycles. The maximum absolute atomic E-state index is 2.39. The van der Waals surface area contributed by atoms with Gasteiger partial charge in [0.1, 0.15) is 5.69 Å². The van der Waals surface area contributed by atoms with Crippen molar-refractivity contribution in [1.29, 1.82) is 0 Å². The van der Waals surface area contributed by atoms with Gasteiger partial charge in [-0.15, -0.1) is 0 Å². The fourth-order valence-corrected chi connectivity index (χ4v) is 4.44. The number of hydrogen-bond donors (Lipinski definition) is 0. The van der Waals surface area contributed by atoms with Crippen molar-refractivity contribution in [2.75, 3.05) is 20.1 Å². The van der Waals surface area contributed by atoms with Gasteiger partial charge in [-0.3, -0.25) is 4.48 Å². The third kappa shape index (κ3) is 13.2. The Hall–Kier alpha value is -0.820. The second-order valence-corrected chi connectivity index (χ2v) is 9.43. The summed E-state index contributed by atoms with van der Waals surface area (Å²) in [6.07, 6.45) is 24.6. The van der Waals surface area contributed by atoms with E-state index in [0.29, 0.717) is 0 Å². The lowest BCUT2D eigenvalue weighted by molar-refractivity contribution is 0.334. The minimum atomic E-state index is 1.08. The van der Waals surface area contributed by atoms with E-state index in [1.165, 1.54) is 128 Å². The Balaban J connectivity index is 1.87. The molecule has 1 atom stereocenters. The third-order valence-corrected chi connectivity index (χ3v) is 6.83. The van der Waals surface area contributed by atoms with Gasteiger partial charge < -0.3 is 0 Å². The molecule has 1 unspecified atom stereocenters. The molecule has 0 aliphatic heterocycles. The Morgan fingerprint density at radius 1 is 0.517 bits per heavy atom. The second kappa shape index (κ2) is 18.0. The molecule has 0 fully saturated rings. The van der Waals surface area contributed by atoms with Crippen LogP contribution in [0.5, 0.6) is 0 Å². The molecule has 0 bridgehead atoms. The van der Waals surface area contributed by atoms with E-state index in [4.69, 9.17) is 0 Å². The predicted molar refractivity (Wildman–Crippen MR) is 134 cm³/mol. The molecule has 1 nitrogen and oxygen atoms in total. The molecular weight excluding hydrogens is 350 g/mol. The van der Waals surface area contributed by atoms with E-state index < -0.39 is 0 Å². The van der Waals surface area contributed by atoms with Crippen molar-refractivity contribution in [2.45, 2.75) is 123 Å². The summed E-state index contributed by atoms with van der Waals surface area (Å²) in [6.45, 7) is 7.08. The molecule has 0 amide bonds. The van der Waals surface area contributed by atoms with E-state index in [0.717, 1.165) is 4.48 Å². The number of rotatable bonds is 20. The highest BCUT2D eigenvalue weighted by Crippen LogP contribution is 2.21. The second-order valence-electron chi connectivity index (χ2n) is 9.43. The minimum absolute atomic E-state index is 1.08. The normalized spacial score (nSPS) is 13.5. The molecule has 1 heteroatoms. The summed E-state index contributed by atoms with van der Waals surface area (Å²) < 4.78 is 1.08. The monoisotopic (exact) mass is 402 g/mol. The van der Waals surface area contributed by atoms with Crippen LogP contribution in [0.2, 0.25) is 0 Å². The van der Waals surface area contributed by atoms with E-state index in [1.54, 1.807) is 0 Å². The first kappa shape index (κ1) is 26.2. The SMILES string of the molecule is CCCCCCCCCCCCCCCCCCC[N+](C)(CC)c1ccccc1. The van der Waals surface area contributed by atoms with Crippen molar-refractivity contribution in [3.63, 3.8) is 0 Å². The van der Waals surface area contributed by atoms with E-state index in [2.05, 4.69) is 51.2 Å². The van der Waals surface area contributed by atoms with Crippen LogP contribution in [0.15, 0.2) is 30.3 Å². The molecule has 0 spiro atoms. The van der Waals surface area contributed by atoms with Gasteiger partial charge in [0, 0.05) is 0 Å². The number of benzene rings is 1. The van der Waals surface area contributed by atoms with Gasteiger partial charge in [0.25, 0.3) is 0 Å². The van der Waals surface area contributed by atoms with Crippen LogP contribution in [0, 0.1) is 0 Å². The molecule has 29 heavy (non-hydrogen) atoms. The summed E-state index contributed by atoms with van der Waals surface area (Å²) in [5.41, 5.74) is 1.46. The molecule has 0 aliphatic rings. The molecule has 168 valence electrons. The average molecular weight is 403 g/mol. The summed E-state index contributed by atoms with van der Waals surface area (Å²) in [6, 6.07) is 11.1. The topological polar surface area (TPSA) is 0 Å². The zero-order valence-corrected chi connectivity index (χ0v) is 20.3. The van der Waals surface area contributed by atoms with E-state index in [1.807, 2.05) is 0 Å². The van der Waals surface area contributed by atoms with Crippen LogP contribution in [-0.2, 0) is 0 Å². The Bertz CT molecular complexity index is 455. The summed E-state index contributed by atoms with van der Waals surface area (Å²) >= 11 is 0. The fourth-order valence-electron chi connectivity index (χ4n) is 4.44. The third-order valence-electron chi connectivity index (χ3n) is 6.83. The van der Waals surface area contributed by atoms with Gasteiger partial charge in [-0.1, -0.05) is 121 Å². The average Bonchev–Trinajstić information content (AvgIpc) is 2.76. The predicted octanol–water partition coefficient (Wildman–Crippen LogP) is 9.30. The van der Waals surface area contributed by atoms with Crippen molar-refractivity contribution < 1.29 is 0 Å². The molecule has 1 rings (SSSR count). The maximum Gasteiger partial charge on any atom is 0.132 e. The van der Waals surface area contributed by atoms with Crippen molar-refractivity contribution in [2.24, 2.45) is 0 Å². The molecule has 0 saturated heterocycles. The molecular formula is C28H52N+. The van der Waals surface area contributed by atoms with Gasteiger partial charge in [0.2, 0.25) is 0 Å². The van der Waals surface area contributed by atoms with E-state index >= 15 is 0 Å². The Morgan fingerprint density at radius 3 is 1.28 bits per heavy atom. The molecule has 1 aromatic carbocycles. The number of para-hydroxylation sites is 1. The van der Waals surface area contributed by atoms with Gasteiger partial charge in [-0.25, -0.2) is 0 Å². The standard InChI is InChI=1S/C28H52N/c1-4-6-7-8-9-10-11-12-13-14-15-16-17-18-19-20-24-27-29(3,5-2)28-25-22-21-23-26-28/h21-23,25-26H,4-20,24,27H2,1-3H3/q+1. The number of nitrogens with zero attached hydrogens (tertiary/aromatic N) is 1. The van der Waals surface area contributed by atoms with Crippen LogP contribution in [0.25, 0.3) is 0 Å². The van der Waals surface area contributed by atoms with Crippen LogP contribution in [-0.4, -0.2) is 20.1 Å². The highest BCUT2D eigenvalue weighted by atomic mass is 15.3. The first-order valence-electron chi connectivity index (χ1n) is 13.1. The Labute approximate surface area is 183 Å². The van der Waals surface area contributed by atoms with E-state index in [-0.39, 0.29) is 0 Å². The zero-order chi connectivity index (χ0) is 21.0. The largest absolute Gasteiger partial charge is 0.294 e. The highest BCUT2D eigenvalue weighted by molar-refractivity contribution is 5.41. The number of unbranched alkanes of at least 4 members (excludes halogenated alkanes) is 16. The smallest absolute Gasteiger partial charge is 0.132 e. The number of quaternary nitrogens is 1. The lowest BCUT2D eigenvalue weighted by atomic mass is 10.0. The number of hydrogen-bond acceptors (Lipinski definition) is 0. The summed E-state index contributed by atoms with van der Waals surface area (Å²) in [4.78, 5) is 0. The Morgan fingerprint density at radius 2 is 0.897 bits per heavy atom. The summed E-state index contributed by atoms with van der Waals surface area (Å²) in [5.74, 6) is 0. The minimum Gasteiger partial charge on any atom is -0.294 e. The first-order valence-corrected chi connectivity index (χ1v) is 13.1. The lowest BCUT2D eigenvalue weighted by Crippen LogP contribution is -2.45. The molecule has 0 aliphatic carbocycles. The van der Waals surface area contributed by atoms with Gasteiger partial charge in [-0.2, -0.15) is 0 Å². The molecule has 0 N–H and O–H groups in total. The van der Waals surface area contributed by atoms with Crippen molar-refractivity contribution in [3.8, 4) is 0 Å². The Kier molecular flexibility index (Phi) is 16.3. The van der Waals surface area contributed by atoms with Gasteiger partial charge in [0.05, 0.1) is 20.1 Å². The molecule has 0 radical (unpaired) electrons. The van der Waals surface area contributed by atoms with Crippen molar-refractivity contribution in [1.82, 2.24) is 4.48 Å². The molecule has 0 heterocycles. The van der Waals surface area contributed by atoms with Gasteiger partial charge in [-0.05, 0) is 31.9 Å². The van der Waals surface area contributed by atoms with Crippen LogP contribution < -0.4 is 4.48 Å². The fraction of sp³-hybridized carbons (Fsp3) is 0.786.